The Morgan fingerprint density at radius 2 is 2.23 bits per heavy atom. The first kappa shape index (κ1) is 17.2. The summed E-state index contributed by atoms with van der Waals surface area (Å²) in [4.78, 5) is 15.5. The van der Waals surface area contributed by atoms with Gasteiger partial charge in [-0.05, 0) is 29.9 Å². The first-order valence-corrected chi connectivity index (χ1v) is 8.84. The maximum atomic E-state index is 12.0. The van der Waals surface area contributed by atoms with Gasteiger partial charge >= 0.3 is 0 Å². The molecule has 1 aromatic heterocycles. The standard InChI is InChI=1S/C17H26N2O2S/c1-14(2)12-15(19-7-9-21-10-8-19)13-18-17(20)6-5-16-4-3-11-22-16/h3-6,11,14-15H,7-10,12-13H2,1-2H3,(H,18,20)/b6-5+. The highest BCUT2D eigenvalue weighted by atomic mass is 32.1. The number of nitrogens with one attached hydrogen (secondary N) is 1. The molecule has 1 atom stereocenters. The third-order valence-corrected chi connectivity index (χ3v) is 4.60. The molecule has 1 aliphatic heterocycles. The van der Waals surface area contributed by atoms with E-state index in [1.54, 1.807) is 17.4 Å². The van der Waals surface area contributed by atoms with Gasteiger partial charge in [0.25, 0.3) is 0 Å². The number of rotatable bonds is 7. The SMILES string of the molecule is CC(C)CC(CNC(=O)/C=C/c1cccs1)N1CCOCC1. The summed E-state index contributed by atoms with van der Waals surface area (Å²) in [6, 6.07) is 4.38. The lowest BCUT2D eigenvalue weighted by atomic mass is 10.0. The Labute approximate surface area is 137 Å². The van der Waals surface area contributed by atoms with Crippen molar-refractivity contribution in [2.45, 2.75) is 26.3 Å². The van der Waals surface area contributed by atoms with Crippen LogP contribution >= 0.6 is 11.3 Å². The monoisotopic (exact) mass is 322 g/mol. The number of carbonyl (C=O) groups is 1. The Bertz CT molecular complexity index is 465. The third kappa shape index (κ3) is 5.91. The number of thiophene rings is 1. The summed E-state index contributed by atoms with van der Waals surface area (Å²) in [5.41, 5.74) is 0. The molecule has 1 aromatic rings. The second-order valence-corrected chi connectivity index (χ2v) is 7.00. The topological polar surface area (TPSA) is 41.6 Å². The van der Waals surface area contributed by atoms with Crippen LogP contribution in [0.3, 0.4) is 0 Å². The zero-order chi connectivity index (χ0) is 15.8. The summed E-state index contributed by atoms with van der Waals surface area (Å²) < 4.78 is 5.42. The van der Waals surface area contributed by atoms with E-state index in [1.807, 2.05) is 23.6 Å². The van der Waals surface area contributed by atoms with Crippen molar-refractivity contribution in [3.05, 3.63) is 28.5 Å². The lowest BCUT2D eigenvalue weighted by molar-refractivity contribution is -0.116. The largest absolute Gasteiger partial charge is 0.379 e. The van der Waals surface area contributed by atoms with E-state index in [4.69, 9.17) is 4.74 Å². The molecular formula is C17H26N2O2S. The minimum atomic E-state index is -0.0181. The number of hydrogen-bond acceptors (Lipinski definition) is 4. The smallest absolute Gasteiger partial charge is 0.244 e. The molecule has 2 heterocycles. The van der Waals surface area contributed by atoms with E-state index in [2.05, 4.69) is 24.1 Å². The Hall–Kier alpha value is -1.17. The average Bonchev–Trinajstić information content (AvgIpc) is 3.03. The summed E-state index contributed by atoms with van der Waals surface area (Å²) in [6.07, 6.45) is 4.58. The van der Waals surface area contributed by atoms with Crippen molar-refractivity contribution >= 4 is 23.3 Å². The highest BCUT2D eigenvalue weighted by Crippen LogP contribution is 2.13. The van der Waals surface area contributed by atoms with Crippen LogP contribution in [0, 0.1) is 5.92 Å². The van der Waals surface area contributed by atoms with Gasteiger partial charge in [0.2, 0.25) is 5.91 Å². The molecule has 122 valence electrons. The summed E-state index contributed by atoms with van der Waals surface area (Å²) in [5, 5.41) is 5.05. The number of nitrogens with zero attached hydrogens (tertiary/aromatic N) is 1. The predicted octanol–water partition coefficient (Wildman–Crippen LogP) is 2.62. The van der Waals surface area contributed by atoms with Crippen molar-refractivity contribution in [3.8, 4) is 0 Å². The number of morpholine rings is 1. The molecule has 0 bridgehead atoms. The van der Waals surface area contributed by atoms with Gasteiger partial charge in [-0.2, -0.15) is 0 Å². The molecule has 1 N–H and O–H groups in total. The molecule has 1 unspecified atom stereocenters. The van der Waals surface area contributed by atoms with Gasteiger partial charge in [-0.25, -0.2) is 0 Å². The van der Waals surface area contributed by atoms with E-state index in [9.17, 15) is 4.79 Å². The summed E-state index contributed by atoms with van der Waals surface area (Å²) in [5.74, 6) is 0.599. The van der Waals surface area contributed by atoms with E-state index >= 15 is 0 Å². The molecular weight excluding hydrogens is 296 g/mol. The van der Waals surface area contributed by atoms with Crippen LogP contribution in [0.25, 0.3) is 6.08 Å². The molecule has 22 heavy (non-hydrogen) atoms. The molecule has 2 rings (SSSR count). The molecule has 0 spiro atoms. The molecule has 5 heteroatoms. The number of carbonyl (C=O) groups excluding carboxylic acids is 1. The summed E-state index contributed by atoms with van der Waals surface area (Å²) >= 11 is 1.63. The van der Waals surface area contributed by atoms with Crippen LogP contribution < -0.4 is 5.32 Å². The Morgan fingerprint density at radius 3 is 2.86 bits per heavy atom. The second kappa shape index (κ2) is 9.08. The van der Waals surface area contributed by atoms with Crippen LogP contribution in [0.4, 0.5) is 0 Å². The lowest BCUT2D eigenvalue weighted by Crippen LogP contribution is -2.49. The normalized spacial score (nSPS) is 18.0. The number of amides is 1. The van der Waals surface area contributed by atoms with Gasteiger partial charge in [0.05, 0.1) is 13.2 Å². The van der Waals surface area contributed by atoms with Gasteiger partial charge in [0.15, 0.2) is 0 Å². The quantitative estimate of drug-likeness (QED) is 0.785. The molecule has 0 saturated carbocycles. The van der Waals surface area contributed by atoms with Crippen LogP contribution in [0.2, 0.25) is 0 Å². The van der Waals surface area contributed by atoms with Crippen molar-refractivity contribution in [2.75, 3.05) is 32.8 Å². The van der Waals surface area contributed by atoms with Crippen LogP contribution in [-0.4, -0.2) is 49.7 Å². The van der Waals surface area contributed by atoms with Crippen molar-refractivity contribution in [2.24, 2.45) is 5.92 Å². The average molecular weight is 322 g/mol. The third-order valence-electron chi connectivity index (χ3n) is 3.76. The van der Waals surface area contributed by atoms with Crippen molar-refractivity contribution in [1.82, 2.24) is 10.2 Å². The van der Waals surface area contributed by atoms with E-state index in [0.717, 1.165) is 37.6 Å². The fraction of sp³-hybridized carbons (Fsp3) is 0.588. The van der Waals surface area contributed by atoms with Crippen LogP contribution in [0.1, 0.15) is 25.1 Å². The molecule has 0 aromatic carbocycles. The van der Waals surface area contributed by atoms with Crippen LogP contribution in [0.5, 0.6) is 0 Å². The number of ether oxygens (including phenoxy) is 1. The van der Waals surface area contributed by atoms with Gasteiger partial charge in [0.1, 0.15) is 0 Å². The van der Waals surface area contributed by atoms with E-state index in [0.29, 0.717) is 18.5 Å². The van der Waals surface area contributed by atoms with Gasteiger partial charge < -0.3 is 10.1 Å². The summed E-state index contributed by atoms with van der Waals surface area (Å²) in [6.45, 7) is 8.65. The van der Waals surface area contributed by atoms with Gasteiger partial charge in [-0.1, -0.05) is 19.9 Å². The molecule has 1 saturated heterocycles. The fourth-order valence-electron chi connectivity index (χ4n) is 2.67. The van der Waals surface area contributed by atoms with E-state index in [-0.39, 0.29) is 5.91 Å². The van der Waals surface area contributed by atoms with Crippen molar-refractivity contribution < 1.29 is 9.53 Å². The van der Waals surface area contributed by atoms with Gasteiger partial charge in [0, 0.05) is 36.6 Å². The maximum absolute atomic E-state index is 12.0. The maximum Gasteiger partial charge on any atom is 0.244 e. The Balaban J connectivity index is 1.82. The second-order valence-electron chi connectivity index (χ2n) is 6.03. The highest BCUT2D eigenvalue weighted by Gasteiger charge is 2.22. The molecule has 0 aliphatic carbocycles. The highest BCUT2D eigenvalue weighted by molar-refractivity contribution is 7.10. The molecule has 1 fully saturated rings. The molecule has 1 amide bonds. The van der Waals surface area contributed by atoms with E-state index < -0.39 is 0 Å². The molecule has 1 aliphatic rings. The Kier molecular flexibility index (Phi) is 7.09. The summed E-state index contributed by atoms with van der Waals surface area (Å²) in [7, 11) is 0. The Morgan fingerprint density at radius 1 is 1.45 bits per heavy atom. The van der Waals surface area contributed by atoms with Gasteiger partial charge in [-0.15, -0.1) is 11.3 Å². The minimum Gasteiger partial charge on any atom is -0.379 e. The minimum absolute atomic E-state index is 0.0181. The fourth-order valence-corrected chi connectivity index (χ4v) is 3.29. The van der Waals surface area contributed by atoms with E-state index in [1.165, 1.54) is 0 Å². The molecule has 4 nitrogen and oxygen atoms in total. The first-order valence-electron chi connectivity index (χ1n) is 7.96. The van der Waals surface area contributed by atoms with Crippen molar-refractivity contribution in [1.29, 1.82) is 0 Å². The predicted molar refractivity (Wildman–Crippen MR) is 92.0 cm³/mol. The molecule has 0 radical (unpaired) electrons. The van der Waals surface area contributed by atoms with Gasteiger partial charge in [-0.3, -0.25) is 9.69 Å². The van der Waals surface area contributed by atoms with Crippen LogP contribution in [0.15, 0.2) is 23.6 Å². The zero-order valence-corrected chi connectivity index (χ0v) is 14.3. The zero-order valence-electron chi connectivity index (χ0n) is 13.5. The number of hydrogen-bond donors (Lipinski definition) is 1. The van der Waals surface area contributed by atoms with Crippen LogP contribution in [-0.2, 0) is 9.53 Å². The first-order chi connectivity index (χ1) is 10.6. The van der Waals surface area contributed by atoms with Crippen molar-refractivity contribution in [3.63, 3.8) is 0 Å². The lowest BCUT2D eigenvalue weighted by Gasteiger charge is -2.35.